The van der Waals surface area contributed by atoms with Crippen LogP contribution in [0.3, 0.4) is 0 Å². The molecule has 0 spiro atoms. The van der Waals surface area contributed by atoms with Crippen molar-refractivity contribution in [2.45, 2.75) is 44.9 Å². The molecule has 1 aromatic rings. The highest BCUT2D eigenvalue weighted by Gasteiger charge is 2.20. The second-order valence-electron chi connectivity index (χ2n) is 4.39. The quantitative estimate of drug-likeness (QED) is 0.847. The number of nitrogens with zero attached hydrogens (tertiary/aromatic N) is 2. The van der Waals surface area contributed by atoms with Crippen molar-refractivity contribution >= 4 is 5.97 Å². The normalized spacial score (nSPS) is 16.6. The first-order chi connectivity index (χ1) is 7.66. The predicted molar refractivity (Wildman–Crippen MR) is 59.3 cm³/mol. The van der Waals surface area contributed by atoms with Crippen molar-refractivity contribution in [1.29, 1.82) is 0 Å². The van der Waals surface area contributed by atoms with Gasteiger partial charge in [0.1, 0.15) is 5.82 Å². The van der Waals surface area contributed by atoms with Crippen molar-refractivity contribution in [2.24, 2.45) is 0 Å². The number of aliphatic carboxylic acids is 1. The first kappa shape index (κ1) is 11.0. The smallest absolute Gasteiger partial charge is 0.307 e. The Balaban J connectivity index is 2.18. The van der Waals surface area contributed by atoms with Gasteiger partial charge in [0.25, 0.3) is 0 Å². The van der Waals surface area contributed by atoms with Gasteiger partial charge in [-0.1, -0.05) is 12.8 Å². The van der Waals surface area contributed by atoms with Crippen molar-refractivity contribution in [2.75, 3.05) is 0 Å². The van der Waals surface area contributed by atoms with Gasteiger partial charge in [0, 0.05) is 23.4 Å². The Morgan fingerprint density at radius 3 is 2.75 bits per heavy atom. The highest BCUT2D eigenvalue weighted by atomic mass is 16.4. The van der Waals surface area contributed by atoms with E-state index in [1.807, 2.05) is 6.92 Å². The van der Waals surface area contributed by atoms with Crippen molar-refractivity contribution in [3.8, 4) is 0 Å². The van der Waals surface area contributed by atoms with Crippen LogP contribution in [-0.4, -0.2) is 21.0 Å². The molecular weight excluding hydrogens is 204 g/mol. The number of hydrogen-bond donors (Lipinski definition) is 1. The molecule has 1 aliphatic carbocycles. The number of carboxylic acids is 1. The number of carboxylic acid groups (broad SMARTS) is 1. The molecule has 1 aliphatic rings. The van der Waals surface area contributed by atoms with Gasteiger partial charge >= 0.3 is 5.97 Å². The molecule has 2 rings (SSSR count). The van der Waals surface area contributed by atoms with Gasteiger partial charge in [0.2, 0.25) is 0 Å². The van der Waals surface area contributed by atoms with Crippen LogP contribution in [0.5, 0.6) is 0 Å². The Morgan fingerprint density at radius 2 is 2.19 bits per heavy atom. The zero-order valence-electron chi connectivity index (χ0n) is 9.44. The lowest BCUT2D eigenvalue weighted by atomic mass is 10.1. The van der Waals surface area contributed by atoms with Crippen molar-refractivity contribution in [3.63, 3.8) is 0 Å². The summed E-state index contributed by atoms with van der Waals surface area (Å²) in [7, 11) is 0. The zero-order valence-corrected chi connectivity index (χ0v) is 9.44. The fourth-order valence-corrected chi connectivity index (χ4v) is 2.23. The van der Waals surface area contributed by atoms with E-state index >= 15 is 0 Å². The Morgan fingerprint density at radius 1 is 1.50 bits per heavy atom. The first-order valence-corrected chi connectivity index (χ1v) is 5.71. The summed E-state index contributed by atoms with van der Waals surface area (Å²) in [6, 6.07) is 0. The number of aromatic nitrogens is 2. The van der Waals surface area contributed by atoms with Gasteiger partial charge in [0.05, 0.1) is 6.42 Å². The Labute approximate surface area is 94.7 Å². The summed E-state index contributed by atoms with van der Waals surface area (Å²) in [6.07, 6.45) is 6.52. The predicted octanol–water partition coefficient (Wildman–Crippen LogP) is 2.07. The molecule has 0 atom stereocenters. The highest BCUT2D eigenvalue weighted by molar-refractivity contribution is 5.70. The molecule has 0 bridgehead atoms. The van der Waals surface area contributed by atoms with Gasteiger partial charge in [-0.05, 0) is 19.8 Å². The van der Waals surface area contributed by atoms with Gasteiger partial charge in [-0.15, -0.1) is 0 Å². The van der Waals surface area contributed by atoms with Crippen LogP contribution < -0.4 is 0 Å². The lowest BCUT2D eigenvalue weighted by Gasteiger charge is -2.09. The summed E-state index contributed by atoms with van der Waals surface area (Å²) in [5, 5.41) is 8.72. The second-order valence-corrected chi connectivity index (χ2v) is 4.39. The topological polar surface area (TPSA) is 63.1 Å². The molecule has 86 valence electrons. The molecule has 1 heterocycles. The Hall–Kier alpha value is -1.45. The van der Waals surface area contributed by atoms with Gasteiger partial charge in [-0.25, -0.2) is 9.97 Å². The molecular formula is C12H16N2O2. The standard InChI is InChI=1S/C12H16N2O2/c1-8-10(6-11(15)16)7-13-12(14-8)9-4-2-3-5-9/h7,9H,2-6H2,1H3,(H,15,16). The molecule has 4 heteroatoms. The molecule has 0 aliphatic heterocycles. The van der Waals surface area contributed by atoms with Crippen LogP contribution in [0.25, 0.3) is 0 Å². The van der Waals surface area contributed by atoms with E-state index in [4.69, 9.17) is 5.11 Å². The monoisotopic (exact) mass is 220 g/mol. The molecule has 0 aromatic carbocycles. The largest absolute Gasteiger partial charge is 0.481 e. The van der Waals surface area contributed by atoms with Crippen molar-refractivity contribution in [3.05, 3.63) is 23.3 Å². The molecule has 1 fully saturated rings. The van der Waals surface area contributed by atoms with Crippen LogP contribution in [0.2, 0.25) is 0 Å². The van der Waals surface area contributed by atoms with E-state index < -0.39 is 5.97 Å². The second kappa shape index (κ2) is 4.60. The summed E-state index contributed by atoms with van der Waals surface area (Å²) in [6.45, 7) is 1.86. The van der Waals surface area contributed by atoms with Crippen LogP contribution in [0.4, 0.5) is 0 Å². The van der Waals surface area contributed by atoms with Crippen LogP contribution >= 0.6 is 0 Å². The highest BCUT2D eigenvalue weighted by Crippen LogP contribution is 2.32. The average molecular weight is 220 g/mol. The molecule has 4 nitrogen and oxygen atoms in total. The van der Waals surface area contributed by atoms with E-state index in [-0.39, 0.29) is 6.42 Å². The summed E-state index contributed by atoms with van der Waals surface area (Å²) in [4.78, 5) is 19.3. The number of aryl methyl sites for hydroxylation is 1. The van der Waals surface area contributed by atoms with E-state index in [2.05, 4.69) is 9.97 Å². The molecule has 0 radical (unpaired) electrons. The third kappa shape index (κ3) is 2.38. The number of rotatable bonds is 3. The SMILES string of the molecule is Cc1nc(C2CCCC2)ncc1CC(=O)O. The minimum atomic E-state index is -0.833. The van der Waals surface area contributed by atoms with E-state index in [9.17, 15) is 4.79 Å². The lowest BCUT2D eigenvalue weighted by Crippen LogP contribution is -2.08. The number of hydrogen-bond acceptors (Lipinski definition) is 3. The minimum Gasteiger partial charge on any atom is -0.481 e. The molecule has 1 aromatic heterocycles. The van der Waals surface area contributed by atoms with Gasteiger partial charge in [-0.3, -0.25) is 4.79 Å². The Bertz CT molecular complexity index is 398. The molecule has 0 amide bonds. The first-order valence-electron chi connectivity index (χ1n) is 5.71. The Kier molecular flexibility index (Phi) is 3.17. The molecule has 1 saturated carbocycles. The average Bonchev–Trinajstić information content (AvgIpc) is 2.73. The lowest BCUT2D eigenvalue weighted by molar-refractivity contribution is -0.136. The fourth-order valence-electron chi connectivity index (χ4n) is 2.23. The van der Waals surface area contributed by atoms with Gasteiger partial charge in [-0.2, -0.15) is 0 Å². The molecule has 0 saturated heterocycles. The molecule has 1 N–H and O–H groups in total. The van der Waals surface area contributed by atoms with Crippen LogP contribution in [-0.2, 0) is 11.2 Å². The van der Waals surface area contributed by atoms with Crippen LogP contribution in [0.15, 0.2) is 6.20 Å². The van der Waals surface area contributed by atoms with Crippen LogP contribution in [0, 0.1) is 6.92 Å². The van der Waals surface area contributed by atoms with Gasteiger partial charge in [0.15, 0.2) is 0 Å². The fraction of sp³-hybridized carbons (Fsp3) is 0.583. The van der Waals surface area contributed by atoms with E-state index in [0.717, 1.165) is 24.4 Å². The third-order valence-corrected chi connectivity index (χ3v) is 3.16. The van der Waals surface area contributed by atoms with E-state index in [1.165, 1.54) is 12.8 Å². The summed E-state index contributed by atoms with van der Waals surface area (Å²) < 4.78 is 0. The van der Waals surface area contributed by atoms with Crippen molar-refractivity contribution in [1.82, 2.24) is 9.97 Å². The summed E-state index contributed by atoms with van der Waals surface area (Å²) in [5.41, 5.74) is 1.52. The minimum absolute atomic E-state index is 0.0107. The summed E-state index contributed by atoms with van der Waals surface area (Å²) >= 11 is 0. The van der Waals surface area contributed by atoms with Gasteiger partial charge < -0.3 is 5.11 Å². The van der Waals surface area contributed by atoms with Crippen LogP contribution in [0.1, 0.15) is 48.7 Å². The third-order valence-electron chi connectivity index (χ3n) is 3.16. The maximum Gasteiger partial charge on any atom is 0.307 e. The summed E-state index contributed by atoms with van der Waals surface area (Å²) in [5.74, 6) is 0.544. The van der Waals surface area contributed by atoms with Crippen molar-refractivity contribution < 1.29 is 9.90 Å². The van der Waals surface area contributed by atoms with E-state index in [0.29, 0.717) is 11.5 Å². The molecule has 0 unspecified atom stereocenters. The molecule has 16 heavy (non-hydrogen) atoms. The van der Waals surface area contributed by atoms with E-state index in [1.54, 1.807) is 6.20 Å². The zero-order chi connectivity index (χ0) is 11.5. The number of carbonyl (C=O) groups is 1. The maximum absolute atomic E-state index is 10.6. The maximum atomic E-state index is 10.6.